The molecule has 0 aliphatic heterocycles. The first-order chi connectivity index (χ1) is 13.2. The minimum Gasteiger partial charge on any atom is -0.366 e. The molecule has 2 N–H and O–H groups in total. The second kappa shape index (κ2) is 9.77. The molecule has 0 fully saturated rings. The Labute approximate surface area is 175 Å². The second-order valence-corrected chi connectivity index (χ2v) is 7.58. The van der Waals surface area contributed by atoms with Gasteiger partial charge in [-0.1, -0.05) is 29.3 Å². The number of carbonyl (C=O) groups is 2. The SMILES string of the molecule is CCN(Cc1ccc(Cl)c(Cl)c1)C(=O)CSc1ccc(C(N)=O)cc1[N+](=O)[O-]. The van der Waals surface area contributed by atoms with E-state index in [1.54, 1.807) is 23.1 Å². The van der Waals surface area contributed by atoms with E-state index in [0.29, 0.717) is 23.1 Å². The number of rotatable bonds is 8. The summed E-state index contributed by atoms with van der Waals surface area (Å²) in [6, 6.07) is 9.07. The lowest BCUT2D eigenvalue weighted by molar-refractivity contribution is -0.387. The molecule has 0 aliphatic carbocycles. The highest BCUT2D eigenvalue weighted by atomic mass is 35.5. The number of amides is 2. The zero-order valence-corrected chi connectivity index (χ0v) is 17.2. The molecule has 0 spiro atoms. The number of nitro groups is 1. The molecule has 0 bridgehead atoms. The van der Waals surface area contributed by atoms with Crippen LogP contribution in [0.3, 0.4) is 0 Å². The quantitative estimate of drug-likeness (QED) is 0.376. The van der Waals surface area contributed by atoms with Crippen LogP contribution in [-0.4, -0.2) is 33.9 Å². The number of primary amides is 1. The van der Waals surface area contributed by atoms with Gasteiger partial charge in [0.2, 0.25) is 11.8 Å². The average molecular weight is 442 g/mol. The van der Waals surface area contributed by atoms with Crippen molar-refractivity contribution in [3.8, 4) is 0 Å². The van der Waals surface area contributed by atoms with Crippen molar-refractivity contribution in [2.24, 2.45) is 5.73 Å². The van der Waals surface area contributed by atoms with Gasteiger partial charge < -0.3 is 10.6 Å². The van der Waals surface area contributed by atoms with Crippen molar-refractivity contribution in [1.29, 1.82) is 0 Å². The van der Waals surface area contributed by atoms with Gasteiger partial charge in [0.1, 0.15) is 0 Å². The van der Waals surface area contributed by atoms with Crippen LogP contribution < -0.4 is 5.73 Å². The van der Waals surface area contributed by atoms with Crippen LogP contribution in [0.5, 0.6) is 0 Å². The number of nitrogens with two attached hydrogens (primary N) is 1. The van der Waals surface area contributed by atoms with Crippen molar-refractivity contribution in [3.63, 3.8) is 0 Å². The first kappa shape index (κ1) is 22.0. The van der Waals surface area contributed by atoms with Crippen molar-refractivity contribution in [2.45, 2.75) is 18.4 Å². The summed E-state index contributed by atoms with van der Waals surface area (Å²) >= 11 is 12.9. The van der Waals surface area contributed by atoms with Crippen LogP contribution in [-0.2, 0) is 11.3 Å². The molecule has 0 heterocycles. The van der Waals surface area contributed by atoms with Crippen LogP contribution in [0.15, 0.2) is 41.3 Å². The summed E-state index contributed by atoms with van der Waals surface area (Å²) in [5, 5.41) is 12.1. The first-order valence-corrected chi connectivity index (χ1v) is 9.89. The van der Waals surface area contributed by atoms with E-state index in [1.807, 2.05) is 6.92 Å². The average Bonchev–Trinajstić information content (AvgIpc) is 2.66. The van der Waals surface area contributed by atoms with E-state index in [-0.39, 0.29) is 27.8 Å². The van der Waals surface area contributed by atoms with Crippen LogP contribution in [0.1, 0.15) is 22.8 Å². The van der Waals surface area contributed by atoms with Crippen LogP contribution in [0.25, 0.3) is 0 Å². The molecular weight excluding hydrogens is 425 g/mol. The molecule has 2 amide bonds. The molecule has 2 aromatic rings. The predicted octanol–water partition coefficient (Wildman–Crippen LogP) is 4.14. The molecule has 0 aliphatic rings. The molecule has 2 rings (SSSR count). The van der Waals surface area contributed by atoms with Crippen LogP contribution in [0.2, 0.25) is 10.0 Å². The van der Waals surface area contributed by atoms with Gasteiger partial charge in [-0.15, -0.1) is 11.8 Å². The summed E-state index contributed by atoms with van der Waals surface area (Å²) in [7, 11) is 0. The van der Waals surface area contributed by atoms with Crippen molar-refractivity contribution in [2.75, 3.05) is 12.3 Å². The highest BCUT2D eigenvalue weighted by Gasteiger charge is 2.20. The summed E-state index contributed by atoms with van der Waals surface area (Å²) < 4.78 is 0. The smallest absolute Gasteiger partial charge is 0.283 e. The number of carbonyl (C=O) groups excluding carboxylic acids is 2. The van der Waals surface area contributed by atoms with Gasteiger partial charge in [0, 0.05) is 24.7 Å². The standard InChI is InChI=1S/C18H17Cl2N3O4S/c1-2-22(9-11-3-5-13(19)14(20)7-11)17(24)10-28-16-6-4-12(18(21)25)8-15(16)23(26)27/h3-8H,2,9-10H2,1H3,(H2,21,25). The lowest BCUT2D eigenvalue weighted by Crippen LogP contribution is -2.31. The van der Waals surface area contributed by atoms with Gasteiger partial charge in [-0.2, -0.15) is 0 Å². The third kappa shape index (κ3) is 5.60. The van der Waals surface area contributed by atoms with Gasteiger partial charge in [0.25, 0.3) is 5.69 Å². The Morgan fingerprint density at radius 2 is 1.89 bits per heavy atom. The third-order valence-electron chi connectivity index (χ3n) is 3.88. The molecule has 0 unspecified atom stereocenters. The molecule has 28 heavy (non-hydrogen) atoms. The monoisotopic (exact) mass is 441 g/mol. The van der Waals surface area contributed by atoms with Gasteiger partial charge in [-0.25, -0.2) is 0 Å². The van der Waals surface area contributed by atoms with Crippen molar-refractivity contribution < 1.29 is 14.5 Å². The Balaban J connectivity index is 2.10. The molecule has 148 valence electrons. The fourth-order valence-corrected chi connectivity index (χ4v) is 3.63. The molecule has 0 radical (unpaired) electrons. The topological polar surface area (TPSA) is 107 Å². The van der Waals surface area contributed by atoms with Gasteiger partial charge in [-0.05, 0) is 36.8 Å². The fraction of sp³-hybridized carbons (Fsp3) is 0.222. The van der Waals surface area contributed by atoms with E-state index >= 15 is 0 Å². The van der Waals surface area contributed by atoms with Crippen molar-refractivity contribution >= 4 is 52.5 Å². The fourth-order valence-electron chi connectivity index (χ4n) is 2.40. The maximum Gasteiger partial charge on any atom is 0.283 e. The molecule has 0 saturated carbocycles. The number of hydrogen-bond donors (Lipinski definition) is 1. The molecule has 0 saturated heterocycles. The predicted molar refractivity (Wildman–Crippen MR) is 110 cm³/mol. The van der Waals surface area contributed by atoms with E-state index in [9.17, 15) is 19.7 Å². The zero-order valence-electron chi connectivity index (χ0n) is 14.9. The van der Waals surface area contributed by atoms with E-state index in [2.05, 4.69) is 0 Å². The number of thioether (sulfide) groups is 1. The number of hydrogen-bond acceptors (Lipinski definition) is 5. The Hall–Kier alpha value is -2.29. The van der Waals surface area contributed by atoms with Crippen molar-refractivity contribution in [3.05, 3.63) is 67.7 Å². The summed E-state index contributed by atoms with van der Waals surface area (Å²) in [5.41, 5.74) is 5.76. The Bertz CT molecular complexity index is 924. The molecule has 7 nitrogen and oxygen atoms in total. The second-order valence-electron chi connectivity index (χ2n) is 5.75. The van der Waals surface area contributed by atoms with Gasteiger partial charge in [0.15, 0.2) is 0 Å². The lowest BCUT2D eigenvalue weighted by Gasteiger charge is -2.21. The van der Waals surface area contributed by atoms with Crippen molar-refractivity contribution in [1.82, 2.24) is 4.90 Å². The minimum absolute atomic E-state index is 0.00587. The first-order valence-electron chi connectivity index (χ1n) is 8.15. The Kier molecular flexibility index (Phi) is 7.68. The molecule has 10 heteroatoms. The van der Waals surface area contributed by atoms with Gasteiger partial charge >= 0.3 is 0 Å². The van der Waals surface area contributed by atoms with E-state index < -0.39 is 10.8 Å². The molecule has 2 aromatic carbocycles. The highest BCUT2D eigenvalue weighted by Crippen LogP contribution is 2.30. The molecular formula is C18H17Cl2N3O4S. The number of benzene rings is 2. The van der Waals surface area contributed by atoms with Crippen LogP contribution in [0, 0.1) is 10.1 Å². The van der Waals surface area contributed by atoms with E-state index in [0.717, 1.165) is 23.4 Å². The summed E-state index contributed by atoms with van der Waals surface area (Å²) in [4.78, 5) is 36.3. The molecule has 0 aromatic heterocycles. The summed E-state index contributed by atoms with van der Waals surface area (Å²) in [6.45, 7) is 2.64. The van der Waals surface area contributed by atoms with Gasteiger partial charge in [-0.3, -0.25) is 19.7 Å². The highest BCUT2D eigenvalue weighted by molar-refractivity contribution is 8.00. The third-order valence-corrected chi connectivity index (χ3v) is 5.67. The van der Waals surface area contributed by atoms with Crippen LogP contribution in [0.4, 0.5) is 5.69 Å². The number of nitrogens with zero attached hydrogens (tertiary/aromatic N) is 2. The zero-order chi connectivity index (χ0) is 20.8. The molecule has 0 atom stereocenters. The Morgan fingerprint density at radius 3 is 2.46 bits per heavy atom. The minimum atomic E-state index is -0.755. The maximum atomic E-state index is 12.6. The van der Waals surface area contributed by atoms with E-state index in [4.69, 9.17) is 28.9 Å². The Morgan fingerprint density at radius 1 is 1.18 bits per heavy atom. The largest absolute Gasteiger partial charge is 0.366 e. The lowest BCUT2D eigenvalue weighted by atomic mass is 10.2. The van der Waals surface area contributed by atoms with E-state index in [1.165, 1.54) is 12.1 Å². The number of nitro benzene ring substituents is 1. The number of halogens is 2. The van der Waals surface area contributed by atoms with Crippen LogP contribution >= 0.6 is 35.0 Å². The normalized spacial score (nSPS) is 10.5. The van der Waals surface area contributed by atoms with Gasteiger partial charge in [0.05, 0.1) is 25.6 Å². The maximum absolute atomic E-state index is 12.6. The summed E-state index contributed by atoms with van der Waals surface area (Å²) in [6.07, 6.45) is 0. The summed E-state index contributed by atoms with van der Waals surface area (Å²) in [5.74, 6) is -0.937.